The molecule has 1 aromatic carbocycles. The summed E-state index contributed by atoms with van der Waals surface area (Å²) in [6.07, 6.45) is 1.00. The van der Waals surface area contributed by atoms with Crippen molar-refractivity contribution in [3.63, 3.8) is 0 Å². The van der Waals surface area contributed by atoms with Gasteiger partial charge in [-0.2, -0.15) is 0 Å². The third-order valence-electron chi connectivity index (χ3n) is 4.08. The molecule has 0 radical (unpaired) electrons. The van der Waals surface area contributed by atoms with Gasteiger partial charge in [0.05, 0.1) is 18.3 Å². The van der Waals surface area contributed by atoms with Crippen molar-refractivity contribution in [1.29, 1.82) is 0 Å². The summed E-state index contributed by atoms with van der Waals surface area (Å²) < 4.78 is 18.2. The summed E-state index contributed by atoms with van der Waals surface area (Å²) in [5.41, 5.74) is 1.34. The first kappa shape index (κ1) is 15.7. The van der Waals surface area contributed by atoms with Gasteiger partial charge in [-0.3, -0.25) is 0 Å². The molecule has 0 aromatic heterocycles. The number of rotatable bonds is 7. The van der Waals surface area contributed by atoms with Gasteiger partial charge in [0.2, 0.25) is 0 Å². The number of benzene rings is 1. The predicted octanol–water partition coefficient (Wildman–Crippen LogP) is 2.76. The molecule has 0 saturated carbocycles. The second kappa shape index (κ2) is 6.39. The van der Waals surface area contributed by atoms with Crippen molar-refractivity contribution in [1.82, 2.24) is 0 Å². The van der Waals surface area contributed by atoms with Crippen molar-refractivity contribution in [2.45, 2.75) is 39.2 Å². The average molecular weight is 294 g/mol. The maximum absolute atomic E-state index is 6.34. The topological polar surface area (TPSA) is 27.7 Å². The largest absolute Gasteiger partial charge is 0.391 e. The van der Waals surface area contributed by atoms with Gasteiger partial charge in [-0.1, -0.05) is 38.1 Å². The Kier molecular flexibility index (Phi) is 5.02. The van der Waals surface area contributed by atoms with E-state index in [4.69, 9.17) is 13.6 Å². The molecule has 1 aliphatic heterocycles. The van der Waals surface area contributed by atoms with Crippen LogP contribution in [-0.2, 0) is 20.0 Å². The summed E-state index contributed by atoms with van der Waals surface area (Å²) in [7, 11) is -2.50. The lowest BCUT2D eigenvalue weighted by atomic mass is 10.1. The molecule has 1 fully saturated rings. The van der Waals surface area contributed by atoms with Crippen molar-refractivity contribution in [3.8, 4) is 0 Å². The molecule has 1 saturated heterocycles. The molecule has 0 atom stereocenters. The molecule has 0 N–H and O–H groups in total. The van der Waals surface area contributed by atoms with E-state index in [1.165, 1.54) is 10.8 Å². The third-order valence-corrected chi connectivity index (χ3v) is 8.55. The Balaban J connectivity index is 2.54. The zero-order valence-corrected chi connectivity index (χ0v) is 14.1. The molecule has 1 aliphatic rings. The van der Waals surface area contributed by atoms with E-state index in [9.17, 15) is 0 Å². The van der Waals surface area contributed by atoms with Gasteiger partial charge in [0.25, 0.3) is 0 Å². The fourth-order valence-corrected chi connectivity index (χ4v) is 7.16. The van der Waals surface area contributed by atoms with Gasteiger partial charge in [-0.15, -0.1) is 0 Å². The van der Waals surface area contributed by atoms with Crippen LogP contribution in [0.5, 0.6) is 0 Å². The Morgan fingerprint density at radius 3 is 2.15 bits per heavy atom. The highest BCUT2D eigenvalue weighted by Gasteiger charge is 2.61. The Morgan fingerprint density at radius 2 is 1.70 bits per heavy atom. The van der Waals surface area contributed by atoms with Crippen molar-refractivity contribution >= 4 is 13.7 Å². The van der Waals surface area contributed by atoms with Crippen LogP contribution < -0.4 is 5.19 Å². The fraction of sp³-hybridized carbons (Fsp3) is 0.625. The van der Waals surface area contributed by atoms with Gasteiger partial charge in [0, 0.05) is 13.2 Å². The predicted molar refractivity (Wildman–Crippen MR) is 83.6 cm³/mol. The Labute approximate surface area is 123 Å². The molecule has 0 spiro atoms. The second-order valence-electron chi connectivity index (χ2n) is 5.55. The van der Waals surface area contributed by atoms with Crippen LogP contribution in [0, 0.1) is 0 Å². The zero-order valence-electron chi connectivity index (χ0n) is 13.1. The zero-order chi connectivity index (χ0) is 14.6. The van der Waals surface area contributed by atoms with Crippen LogP contribution in [0.4, 0.5) is 0 Å². The molecule has 0 bridgehead atoms. The second-order valence-corrected chi connectivity index (χ2v) is 9.10. The molecule has 2 rings (SSSR count). The van der Waals surface area contributed by atoms with Gasteiger partial charge in [-0.25, -0.2) is 0 Å². The monoisotopic (exact) mass is 294 g/mol. The van der Waals surface area contributed by atoms with Gasteiger partial charge in [0.15, 0.2) is 0 Å². The Bertz CT molecular complexity index is 437. The molecule has 20 heavy (non-hydrogen) atoms. The molecular weight excluding hydrogens is 268 g/mol. The van der Waals surface area contributed by atoms with E-state index in [0.717, 1.165) is 19.6 Å². The molecule has 0 amide bonds. The summed E-state index contributed by atoms with van der Waals surface area (Å²) in [5.74, 6) is 0. The minimum Gasteiger partial charge on any atom is -0.391 e. The van der Waals surface area contributed by atoms with E-state index in [1.54, 1.807) is 0 Å². The summed E-state index contributed by atoms with van der Waals surface area (Å²) >= 11 is 0. The highest BCUT2D eigenvalue weighted by atomic mass is 28.4. The first-order chi connectivity index (χ1) is 9.63. The number of aryl methyl sites for hydroxylation is 1. The quantitative estimate of drug-likeness (QED) is 0.724. The fourth-order valence-electron chi connectivity index (χ4n) is 3.03. The van der Waals surface area contributed by atoms with Gasteiger partial charge in [0.1, 0.15) is 0 Å². The van der Waals surface area contributed by atoms with E-state index in [1.807, 2.05) is 0 Å². The van der Waals surface area contributed by atoms with Crippen LogP contribution in [0.2, 0.25) is 5.04 Å². The Morgan fingerprint density at radius 1 is 1.10 bits per heavy atom. The van der Waals surface area contributed by atoms with Gasteiger partial charge in [-0.05, 0) is 31.0 Å². The standard InChI is InChI=1S/C16H26O3Si/c1-5-14-10-8-9-11-15(14)20(18-6-2,19-7-3)16(4)12-17-13-16/h8-11H,5-7,12-13H2,1-4H3. The van der Waals surface area contributed by atoms with Gasteiger partial charge < -0.3 is 13.6 Å². The van der Waals surface area contributed by atoms with Crippen LogP contribution in [0.15, 0.2) is 24.3 Å². The van der Waals surface area contributed by atoms with Crippen molar-refractivity contribution in [3.05, 3.63) is 29.8 Å². The summed E-state index contributed by atoms with van der Waals surface area (Å²) in [6.45, 7) is 11.4. The summed E-state index contributed by atoms with van der Waals surface area (Å²) in [6, 6.07) is 8.58. The SMILES string of the molecule is CCO[Si](OCC)(c1ccccc1CC)C1(C)COC1. The van der Waals surface area contributed by atoms with Crippen molar-refractivity contribution < 1.29 is 13.6 Å². The van der Waals surface area contributed by atoms with Crippen LogP contribution >= 0.6 is 0 Å². The first-order valence-corrected chi connectivity index (χ1v) is 9.39. The number of hydrogen-bond donors (Lipinski definition) is 0. The van der Waals surface area contributed by atoms with E-state index in [-0.39, 0.29) is 5.04 Å². The van der Waals surface area contributed by atoms with E-state index >= 15 is 0 Å². The van der Waals surface area contributed by atoms with Crippen molar-refractivity contribution in [2.24, 2.45) is 0 Å². The molecule has 1 heterocycles. The number of hydrogen-bond acceptors (Lipinski definition) is 3. The highest BCUT2D eigenvalue weighted by molar-refractivity contribution is 6.84. The smallest absolute Gasteiger partial charge is 0.383 e. The maximum Gasteiger partial charge on any atom is 0.383 e. The van der Waals surface area contributed by atoms with E-state index in [0.29, 0.717) is 13.2 Å². The minimum absolute atomic E-state index is 0.00426. The third kappa shape index (κ3) is 2.46. The first-order valence-electron chi connectivity index (χ1n) is 7.57. The van der Waals surface area contributed by atoms with Crippen molar-refractivity contribution in [2.75, 3.05) is 26.4 Å². The molecule has 0 unspecified atom stereocenters. The average Bonchev–Trinajstić information content (AvgIpc) is 2.44. The summed E-state index contributed by atoms with van der Waals surface area (Å²) in [5, 5.41) is 1.29. The van der Waals surface area contributed by atoms with Crippen LogP contribution in [-0.4, -0.2) is 35.0 Å². The lowest BCUT2D eigenvalue weighted by molar-refractivity contribution is -0.0391. The normalized spacial score (nSPS) is 17.8. The van der Waals surface area contributed by atoms with Crippen LogP contribution in [0.25, 0.3) is 0 Å². The molecule has 0 aliphatic carbocycles. The molecule has 4 heteroatoms. The van der Waals surface area contributed by atoms with E-state index in [2.05, 4.69) is 52.0 Å². The molecular formula is C16H26O3Si. The lowest BCUT2D eigenvalue weighted by Crippen LogP contribution is -2.68. The molecule has 3 nitrogen and oxygen atoms in total. The maximum atomic E-state index is 6.34. The van der Waals surface area contributed by atoms with Crippen LogP contribution in [0.1, 0.15) is 33.3 Å². The Hall–Kier alpha value is -0.683. The molecule has 1 aromatic rings. The molecule has 112 valence electrons. The highest BCUT2D eigenvalue weighted by Crippen LogP contribution is 2.45. The van der Waals surface area contributed by atoms with E-state index < -0.39 is 8.56 Å². The minimum atomic E-state index is -2.50. The van der Waals surface area contributed by atoms with Gasteiger partial charge >= 0.3 is 8.56 Å². The van der Waals surface area contributed by atoms with Crippen LogP contribution in [0.3, 0.4) is 0 Å². The summed E-state index contributed by atoms with van der Waals surface area (Å²) in [4.78, 5) is 0. The number of ether oxygens (including phenoxy) is 1. The lowest BCUT2D eigenvalue weighted by Gasteiger charge is -2.50.